The second-order valence-corrected chi connectivity index (χ2v) is 8.29. The van der Waals surface area contributed by atoms with Crippen LogP contribution in [0.15, 0.2) is 77.7 Å². The molecule has 28 heavy (non-hydrogen) atoms. The fourth-order valence-electron chi connectivity index (χ4n) is 2.71. The summed E-state index contributed by atoms with van der Waals surface area (Å²) in [6, 6.07) is 20.8. The molecule has 0 atom stereocenters. The number of carbonyl (C=O) groups excluding carboxylic acids is 1. The number of anilines is 1. The molecule has 2 N–H and O–H groups in total. The molecule has 0 aliphatic heterocycles. The average Bonchev–Trinajstić information content (AvgIpc) is 2.69. The number of aryl methyl sites for hydroxylation is 2. The predicted molar refractivity (Wildman–Crippen MR) is 111 cm³/mol. The van der Waals surface area contributed by atoms with E-state index in [1.54, 1.807) is 12.1 Å². The summed E-state index contributed by atoms with van der Waals surface area (Å²) in [6.07, 6.45) is 0. The SMILES string of the molecule is Cc1ccc(NS(=O)(=O)c2ccc(C(=O)NCc3ccccc3C)cc2)cc1. The highest BCUT2D eigenvalue weighted by molar-refractivity contribution is 7.92. The maximum atomic E-state index is 12.5. The van der Waals surface area contributed by atoms with Crippen LogP contribution in [-0.4, -0.2) is 14.3 Å². The summed E-state index contributed by atoms with van der Waals surface area (Å²) in [6.45, 7) is 4.34. The fourth-order valence-corrected chi connectivity index (χ4v) is 3.77. The van der Waals surface area contributed by atoms with Gasteiger partial charge in [-0.05, 0) is 61.4 Å². The zero-order valence-electron chi connectivity index (χ0n) is 15.8. The maximum absolute atomic E-state index is 12.5. The van der Waals surface area contributed by atoms with Crippen LogP contribution in [-0.2, 0) is 16.6 Å². The van der Waals surface area contributed by atoms with E-state index in [0.717, 1.165) is 16.7 Å². The van der Waals surface area contributed by atoms with E-state index in [0.29, 0.717) is 17.8 Å². The van der Waals surface area contributed by atoms with Crippen LogP contribution in [0.5, 0.6) is 0 Å². The molecule has 0 aromatic heterocycles. The molecule has 0 saturated heterocycles. The van der Waals surface area contributed by atoms with E-state index in [2.05, 4.69) is 10.0 Å². The first-order valence-electron chi connectivity index (χ1n) is 8.87. The molecule has 5 nitrogen and oxygen atoms in total. The molecule has 0 bridgehead atoms. The van der Waals surface area contributed by atoms with Crippen molar-refractivity contribution >= 4 is 21.6 Å². The van der Waals surface area contributed by atoms with Gasteiger partial charge in [0, 0.05) is 17.8 Å². The Balaban J connectivity index is 1.67. The molecule has 0 saturated carbocycles. The highest BCUT2D eigenvalue weighted by Gasteiger charge is 2.15. The van der Waals surface area contributed by atoms with Gasteiger partial charge in [0.25, 0.3) is 15.9 Å². The van der Waals surface area contributed by atoms with Gasteiger partial charge in [-0.25, -0.2) is 8.42 Å². The molecule has 0 spiro atoms. The molecule has 0 unspecified atom stereocenters. The normalized spacial score (nSPS) is 11.1. The molecule has 1 amide bonds. The lowest BCUT2D eigenvalue weighted by atomic mass is 10.1. The third-order valence-corrected chi connectivity index (χ3v) is 5.83. The third-order valence-electron chi connectivity index (χ3n) is 4.43. The van der Waals surface area contributed by atoms with E-state index < -0.39 is 10.0 Å². The van der Waals surface area contributed by atoms with E-state index in [1.807, 2.05) is 50.2 Å². The van der Waals surface area contributed by atoms with Gasteiger partial charge < -0.3 is 5.32 Å². The lowest BCUT2D eigenvalue weighted by Crippen LogP contribution is -2.23. The third kappa shape index (κ3) is 4.78. The zero-order valence-corrected chi connectivity index (χ0v) is 16.6. The van der Waals surface area contributed by atoms with Gasteiger partial charge in [-0.1, -0.05) is 42.0 Å². The first-order chi connectivity index (χ1) is 13.3. The Morgan fingerprint density at radius 2 is 1.50 bits per heavy atom. The Morgan fingerprint density at radius 3 is 2.14 bits per heavy atom. The minimum Gasteiger partial charge on any atom is -0.348 e. The van der Waals surface area contributed by atoms with Crippen molar-refractivity contribution in [2.24, 2.45) is 0 Å². The van der Waals surface area contributed by atoms with Crippen LogP contribution < -0.4 is 10.0 Å². The van der Waals surface area contributed by atoms with Crippen LogP contribution in [0, 0.1) is 13.8 Å². The van der Waals surface area contributed by atoms with Crippen LogP contribution in [0.1, 0.15) is 27.0 Å². The van der Waals surface area contributed by atoms with E-state index >= 15 is 0 Å². The molecule has 3 aromatic rings. The van der Waals surface area contributed by atoms with Gasteiger partial charge >= 0.3 is 0 Å². The minimum atomic E-state index is -3.71. The lowest BCUT2D eigenvalue weighted by Gasteiger charge is -2.10. The zero-order chi connectivity index (χ0) is 20.1. The molecule has 0 aliphatic carbocycles. The first kappa shape index (κ1) is 19.6. The average molecular weight is 394 g/mol. The van der Waals surface area contributed by atoms with E-state index in [-0.39, 0.29) is 10.8 Å². The minimum absolute atomic E-state index is 0.100. The molecule has 144 valence electrons. The van der Waals surface area contributed by atoms with Crippen LogP contribution in [0.25, 0.3) is 0 Å². The van der Waals surface area contributed by atoms with Gasteiger partial charge in [0.2, 0.25) is 0 Å². The van der Waals surface area contributed by atoms with Crippen molar-refractivity contribution in [3.05, 3.63) is 95.1 Å². The summed E-state index contributed by atoms with van der Waals surface area (Å²) in [5, 5.41) is 2.86. The molecule has 0 aliphatic rings. The van der Waals surface area contributed by atoms with Crippen molar-refractivity contribution in [3.8, 4) is 0 Å². The number of rotatable bonds is 6. The fraction of sp³-hybridized carbons (Fsp3) is 0.136. The topological polar surface area (TPSA) is 75.3 Å². The molecular weight excluding hydrogens is 372 g/mol. The van der Waals surface area contributed by atoms with Crippen molar-refractivity contribution in [2.45, 2.75) is 25.3 Å². The predicted octanol–water partition coefficient (Wildman–Crippen LogP) is 4.03. The number of benzene rings is 3. The highest BCUT2D eigenvalue weighted by atomic mass is 32.2. The number of carbonyl (C=O) groups is 1. The van der Waals surface area contributed by atoms with E-state index in [9.17, 15) is 13.2 Å². The summed E-state index contributed by atoms with van der Waals surface area (Å²) in [4.78, 5) is 12.4. The summed E-state index contributed by atoms with van der Waals surface area (Å²) in [7, 11) is -3.71. The molecule has 0 heterocycles. The Hall–Kier alpha value is -3.12. The summed E-state index contributed by atoms with van der Waals surface area (Å²) >= 11 is 0. The van der Waals surface area contributed by atoms with Crippen LogP contribution in [0.4, 0.5) is 5.69 Å². The number of nitrogens with one attached hydrogen (secondary N) is 2. The summed E-state index contributed by atoms with van der Waals surface area (Å²) < 4.78 is 27.5. The molecule has 0 fully saturated rings. The van der Waals surface area contributed by atoms with Gasteiger partial charge in [0.15, 0.2) is 0 Å². The van der Waals surface area contributed by atoms with Gasteiger partial charge in [-0.15, -0.1) is 0 Å². The quantitative estimate of drug-likeness (QED) is 0.663. The largest absolute Gasteiger partial charge is 0.348 e. The van der Waals surface area contributed by atoms with Crippen LogP contribution in [0.3, 0.4) is 0 Å². The monoisotopic (exact) mass is 394 g/mol. The smallest absolute Gasteiger partial charge is 0.261 e. The Kier molecular flexibility index (Phi) is 5.80. The molecule has 0 radical (unpaired) electrons. The van der Waals surface area contributed by atoms with E-state index in [4.69, 9.17) is 0 Å². The Labute approximate surface area is 165 Å². The first-order valence-corrected chi connectivity index (χ1v) is 10.4. The second-order valence-electron chi connectivity index (χ2n) is 6.61. The summed E-state index contributed by atoms with van der Waals surface area (Å²) in [5.41, 5.74) is 4.08. The van der Waals surface area contributed by atoms with Crippen molar-refractivity contribution < 1.29 is 13.2 Å². The van der Waals surface area contributed by atoms with E-state index in [1.165, 1.54) is 24.3 Å². The Bertz CT molecular complexity index is 1070. The van der Waals surface area contributed by atoms with Crippen LogP contribution in [0.2, 0.25) is 0 Å². The maximum Gasteiger partial charge on any atom is 0.261 e. The standard InChI is InChI=1S/C22H22N2O3S/c1-16-7-11-20(12-8-16)24-28(26,27)21-13-9-18(10-14-21)22(25)23-15-19-6-4-3-5-17(19)2/h3-14,24H,15H2,1-2H3,(H,23,25). The number of hydrogen-bond acceptors (Lipinski definition) is 3. The van der Waals surface area contributed by atoms with Crippen molar-refractivity contribution in [2.75, 3.05) is 4.72 Å². The van der Waals surface area contributed by atoms with Gasteiger partial charge in [0.05, 0.1) is 4.90 Å². The molecule has 3 aromatic carbocycles. The van der Waals surface area contributed by atoms with Crippen LogP contribution >= 0.6 is 0 Å². The highest BCUT2D eigenvalue weighted by Crippen LogP contribution is 2.17. The Morgan fingerprint density at radius 1 is 0.857 bits per heavy atom. The van der Waals surface area contributed by atoms with Crippen molar-refractivity contribution in [1.29, 1.82) is 0 Å². The number of amides is 1. The van der Waals surface area contributed by atoms with Crippen molar-refractivity contribution in [1.82, 2.24) is 5.32 Å². The van der Waals surface area contributed by atoms with Crippen molar-refractivity contribution in [3.63, 3.8) is 0 Å². The number of hydrogen-bond donors (Lipinski definition) is 2. The second kappa shape index (κ2) is 8.27. The molecule has 3 rings (SSSR count). The van der Waals surface area contributed by atoms with Gasteiger partial charge in [-0.3, -0.25) is 9.52 Å². The number of sulfonamides is 1. The molecule has 6 heteroatoms. The molecular formula is C22H22N2O3S. The summed E-state index contributed by atoms with van der Waals surface area (Å²) in [5.74, 6) is -0.251. The van der Waals surface area contributed by atoms with Gasteiger partial charge in [0.1, 0.15) is 0 Å². The van der Waals surface area contributed by atoms with Gasteiger partial charge in [-0.2, -0.15) is 0 Å². The lowest BCUT2D eigenvalue weighted by molar-refractivity contribution is 0.0951.